The van der Waals surface area contributed by atoms with E-state index in [2.05, 4.69) is 6.58 Å². The lowest BCUT2D eigenvalue weighted by Gasteiger charge is -2.42. The van der Waals surface area contributed by atoms with Crippen molar-refractivity contribution >= 4 is 17.1 Å². The molecule has 0 radical (unpaired) electrons. The first kappa shape index (κ1) is 13.0. The third kappa shape index (κ3) is 2.24. The highest BCUT2D eigenvalue weighted by molar-refractivity contribution is 7.80. The van der Waals surface area contributed by atoms with Gasteiger partial charge in [0.25, 0.3) is 0 Å². The largest absolute Gasteiger partial charge is 0.192 e. The molecule has 2 aliphatic rings. The minimum atomic E-state index is 0.199. The number of thiocarbonyl (C=S) groups is 1. The Balaban J connectivity index is 2.40. The molecule has 2 rings (SSSR count). The van der Waals surface area contributed by atoms with Crippen LogP contribution in [-0.4, -0.2) is 4.86 Å². The van der Waals surface area contributed by atoms with Crippen LogP contribution in [0, 0.1) is 28.1 Å². The van der Waals surface area contributed by atoms with E-state index in [1.807, 2.05) is 12.1 Å². The highest BCUT2D eigenvalue weighted by Gasteiger charge is 2.39. The Labute approximate surface area is 114 Å². The van der Waals surface area contributed by atoms with E-state index in [0.29, 0.717) is 0 Å². The number of rotatable bonds is 0. The second-order valence-electron chi connectivity index (χ2n) is 5.39. The molecule has 1 spiro atoms. The monoisotopic (exact) mass is 256 g/mol. The Morgan fingerprint density at radius 3 is 2.28 bits per heavy atom. The summed E-state index contributed by atoms with van der Waals surface area (Å²) >= 11 is 5.42. The van der Waals surface area contributed by atoms with Gasteiger partial charge in [0, 0.05) is 4.86 Å². The highest BCUT2D eigenvalue weighted by atomic mass is 32.1. The van der Waals surface area contributed by atoms with Gasteiger partial charge in [0.15, 0.2) is 0 Å². The molecule has 18 heavy (non-hydrogen) atoms. The van der Waals surface area contributed by atoms with Crippen molar-refractivity contribution in [3.05, 3.63) is 23.3 Å². The lowest BCUT2D eigenvalue weighted by Crippen LogP contribution is -2.33. The molecule has 2 saturated carbocycles. The topological polar surface area (TPSA) is 47.6 Å². The second-order valence-corrected chi connectivity index (χ2v) is 5.89. The van der Waals surface area contributed by atoms with Crippen LogP contribution in [0.3, 0.4) is 0 Å². The van der Waals surface area contributed by atoms with Crippen LogP contribution in [0.15, 0.2) is 23.3 Å². The molecule has 2 nitrogen and oxygen atoms in total. The van der Waals surface area contributed by atoms with E-state index in [0.717, 1.165) is 41.7 Å². The van der Waals surface area contributed by atoms with Crippen LogP contribution in [0.2, 0.25) is 0 Å². The van der Waals surface area contributed by atoms with Gasteiger partial charge in [-0.25, -0.2) is 0 Å². The zero-order valence-corrected chi connectivity index (χ0v) is 11.3. The predicted molar refractivity (Wildman–Crippen MR) is 74.7 cm³/mol. The molecule has 0 aromatic rings. The number of hydrogen-bond acceptors (Lipinski definition) is 3. The summed E-state index contributed by atoms with van der Waals surface area (Å²) in [6.45, 7) is 3.97. The molecule has 0 atom stereocenters. The Hall–Kier alpha value is -1.45. The zero-order valence-electron chi connectivity index (χ0n) is 10.5. The van der Waals surface area contributed by atoms with Gasteiger partial charge in [-0.2, -0.15) is 10.5 Å². The van der Waals surface area contributed by atoms with Crippen LogP contribution in [0.25, 0.3) is 0 Å². The molecule has 92 valence electrons. The number of nitriles is 2. The van der Waals surface area contributed by atoms with E-state index in [1.165, 1.54) is 19.3 Å². The lowest BCUT2D eigenvalue weighted by molar-refractivity contribution is 0.194. The third-order valence-corrected chi connectivity index (χ3v) is 4.62. The molecule has 0 aliphatic heterocycles. The molecule has 0 saturated heterocycles. The first-order valence-electron chi connectivity index (χ1n) is 6.38. The standard InChI is InChI=1S/C15H16N2S/c1-11-13(12(9-16)10-17)7-15(8-14(11)18)5-3-2-4-6-15/h1-8H2. The molecule has 2 aliphatic carbocycles. The summed E-state index contributed by atoms with van der Waals surface area (Å²) in [5, 5.41) is 18.1. The van der Waals surface area contributed by atoms with Gasteiger partial charge < -0.3 is 0 Å². The summed E-state index contributed by atoms with van der Waals surface area (Å²) in [4.78, 5) is 0.848. The summed E-state index contributed by atoms with van der Waals surface area (Å²) in [6.07, 6.45) is 7.80. The third-order valence-electron chi connectivity index (χ3n) is 4.23. The SMILES string of the molecule is C=C1C(=S)CC2(CCCCC2)CC1=C(C#N)C#N. The number of nitrogens with zero attached hydrogens (tertiary/aromatic N) is 2. The Morgan fingerprint density at radius 2 is 1.72 bits per heavy atom. The maximum atomic E-state index is 9.05. The van der Waals surface area contributed by atoms with Crippen molar-refractivity contribution in [2.75, 3.05) is 0 Å². The molecule has 0 aromatic heterocycles. The molecule has 0 amide bonds. The first-order chi connectivity index (χ1) is 8.62. The average molecular weight is 256 g/mol. The van der Waals surface area contributed by atoms with Gasteiger partial charge in [0.2, 0.25) is 0 Å². The van der Waals surface area contributed by atoms with Gasteiger partial charge in [0.05, 0.1) is 0 Å². The van der Waals surface area contributed by atoms with Gasteiger partial charge in [-0.1, -0.05) is 38.1 Å². The van der Waals surface area contributed by atoms with Gasteiger partial charge in [0.1, 0.15) is 17.7 Å². The fourth-order valence-corrected chi connectivity index (χ4v) is 3.64. The summed E-state index contributed by atoms with van der Waals surface area (Å²) in [7, 11) is 0. The zero-order chi connectivity index (χ0) is 13.2. The van der Waals surface area contributed by atoms with E-state index in [9.17, 15) is 0 Å². The molecule has 0 bridgehead atoms. The van der Waals surface area contributed by atoms with Crippen molar-refractivity contribution in [1.82, 2.24) is 0 Å². The quantitative estimate of drug-likeness (QED) is 0.374. The highest BCUT2D eigenvalue weighted by Crippen LogP contribution is 2.50. The van der Waals surface area contributed by atoms with Gasteiger partial charge >= 0.3 is 0 Å². The van der Waals surface area contributed by atoms with Crippen molar-refractivity contribution in [3.8, 4) is 12.1 Å². The lowest BCUT2D eigenvalue weighted by atomic mass is 9.62. The maximum Gasteiger partial charge on any atom is 0.133 e. The Bertz CT molecular complexity index is 492. The summed E-state index contributed by atoms with van der Waals surface area (Å²) < 4.78 is 0. The molecular formula is C15H16N2S. The predicted octanol–water partition coefficient (Wildman–Crippen LogP) is 4.00. The number of allylic oxidation sites excluding steroid dienone is 3. The molecule has 3 heteroatoms. The van der Waals surface area contributed by atoms with Gasteiger partial charge in [-0.15, -0.1) is 0 Å². The van der Waals surface area contributed by atoms with Crippen molar-refractivity contribution in [3.63, 3.8) is 0 Å². The molecule has 0 unspecified atom stereocenters. The van der Waals surface area contributed by atoms with Crippen molar-refractivity contribution in [2.24, 2.45) is 5.41 Å². The number of hydrogen-bond donors (Lipinski definition) is 0. The van der Waals surface area contributed by atoms with Gasteiger partial charge in [-0.05, 0) is 42.2 Å². The minimum Gasteiger partial charge on any atom is -0.192 e. The van der Waals surface area contributed by atoms with Crippen molar-refractivity contribution < 1.29 is 0 Å². The Morgan fingerprint density at radius 1 is 1.11 bits per heavy atom. The van der Waals surface area contributed by atoms with E-state index in [4.69, 9.17) is 22.7 Å². The van der Waals surface area contributed by atoms with E-state index in [1.54, 1.807) is 0 Å². The maximum absolute atomic E-state index is 9.05. The van der Waals surface area contributed by atoms with E-state index < -0.39 is 0 Å². The molecular weight excluding hydrogens is 240 g/mol. The van der Waals surface area contributed by atoms with Gasteiger partial charge in [-0.3, -0.25) is 0 Å². The molecule has 0 heterocycles. The average Bonchev–Trinajstić information content (AvgIpc) is 2.38. The van der Waals surface area contributed by atoms with Crippen LogP contribution >= 0.6 is 12.2 Å². The first-order valence-corrected chi connectivity index (χ1v) is 6.78. The normalized spacial score (nSPS) is 22.4. The molecule has 0 N–H and O–H groups in total. The fraction of sp³-hybridized carbons (Fsp3) is 0.533. The van der Waals surface area contributed by atoms with Crippen molar-refractivity contribution in [1.29, 1.82) is 10.5 Å². The van der Waals surface area contributed by atoms with E-state index >= 15 is 0 Å². The van der Waals surface area contributed by atoms with Crippen molar-refractivity contribution in [2.45, 2.75) is 44.9 Å². The second kappa shape index (κ2) is 5.04. The minimum absolute atomic E-state index is 0.199. The fourth-order valence-electron chi connectivity index (χ4n) is 3.21. The van der Waals surface area contributed by atoms with Crippen LogP contribution < -0.4 is 0 Å². The molecule has 2 fully saturated rings. The smallest absolute Gasteiger partial charge is 0.133 e. The summed E-state index contributed by atoms with van der Waals surface area (Å²) in [5.74, 6) is 0. The van der Waals surface area contributed by atoms with Crippen LogP contribution in [-0.2, 0) is 0 Å². The molecule has 0 aromatic carbocycles. The van der Waals surface area contributed by atoms with Crippen LogP contribution in [0.5, 0.6) is 0 Å². The van der Waals surface area contributed by atoms with E-state index in [-0.39, 0.29) is 11.0 Å². The van der Waals surface area contributed by atoms with Crippen LogP contribution in [0.4, 0.5) is 0 Å². The Kier molecular flexibility index (Phi) is 3.64. The summed E-state index contributed by atoms with van der Waals surface area (Å²) in [6, 6.07) is 3.98. The summed E-state index contributed by atoms with van der Waals surface area (Å²) in [5.41, 5.74) is 1.95. The van der Waals surface area contributed by atoms with Crippen LogP contribution in [0.1, 0.15) is 44.9 Å².